The second kappa shape index (κ2) is 8.78. The minimum absolute atomic E-state index is 0.202. The highest BCUT2D eigenvalue weighted by molar-refractivity contribution is 7.89. The standard InChI is InChI=1S/C18H22ClFN4O4S/c1-24-8-16(21-10-24)12-6-14(17(20)15(19)7-12)18(26)22-23-29(27,28)9-11-3-2-4-13(25)5-11/h6-8,10-11,13,23,25H,2-5,9H2,1H3,(H,22,26)/t11-,13-/m0/s1. The summed E-state index contributed by atoms with van der Waals surface area (Å²) in [7, 11) is -2.09. The number of carbonyl (C=O) groups excluding carboxylic acids is 1. The van der Waals surface area contributed by atoms with Crippen molar-refractivity contribution in [2.24, 2.45) is 13.0 Å². The zero-order valence-corrected chi connectivity index (χ0v) is 17.3. The van der Waals surface area contributed by atoms with Crippen LogP contribution in [0.4, 0.5) is 4.39 Å². The number of nitrogens with zero attached hydrogens (tertiary/aromatic N) is 2. The molecule has 3 rings (SSSR count). The normalized spacial score (nSPS) is 19.9. The largest absolute Gasteiger partial charge is 0.393 e. The summed E-state index contributed by atoms with van der Waals surface area (Å²) >= 11 is 5.90. The molecule has 0 radical (unpaired) electrons. The summed E-state index contributed by atoms with van der Waals surface area (Å²) in [5.41, 5.74) is 2.52. The molecule has 11 heteroatoms. The lowest BCUT2D eigenvalue weighted by atomic mass is 9.89. The molecule has 158 valence electrons. The topological polar surface area (TPSA) is 113 Å². The summed E-state index contributed by atoms with van der Waals surface area (Å²) in [6, 6.07) is 2.60. The quantitative estimate of drug-likeness (QED) is 0.590. The predicted octanol–water partition coefficient (Wildman–Crippen LogP) is 1.99. The van der Waals surface area contributed by atoms with Crippen molar-refractivity contribution in [3.05, 3.63) is 41.1 Å². The molecule has 2 atom stereocenters. The first-order chi connectivity index (χ1) is 13.6. The van der Waals surface area contributed by atoms with Crippen molar-refractivity contribution >= 4 is 27.5 Å². The number of nitrogens with one attached hydrogen (secondary N) is 2. The van der Waals surface area contributed by atoms with Crippen molar-refractivity contribution in [3.8, 4) is 11.3 Å². The Hall–Kier alpha value is -2.01. The van der Waals surface area contributed by atoms with Crippen LogP contribution in [0.2, 0.25) is 5.02 Å². The van der Waals surface area contributed by atoms with Gasteiger partial charge in [-0.25, -0.2) is 17.8 Å². The lowest BCUT2D eigenvalue weighted by molar-refractivity contribution is 0.0939. The summed E-state index contributed by atoms with van der Waals surface area (Å²) < 4.78 is 40.5. The molecular weight excluding hydrogens is 423 g/mol. The molecule has 1 amide bonds. The van der Waals surface area contributed by atoms with Gasteiger partial charge in [0.05, 0.1) is 34.5 Å². The smallest absolute Gasteiger partial charge is 0.269 e. The molecule has 0 unspecified atom stereocenters. The zero-order chi connectivity index (χ0) is 21.2. The van der Waals surface area contributed by atoms with E-state index < -0.39 is 33.4 Å². The third-order valence-corrected chi connectivity index (χ3v) is 6.40. The zero-order valence-electron chi connectivity index (χ0n) is 15.7. The van der Waals surface area contributed by atoms with E-state index in [1.54, 1.807) is 24.1 Å². The van der Waals surface area contributed by atoms with Gasteiger partial charge in [-0.15, -0.1) is 4.83 Å². The van der Waals surface area contributed by atoms with E-state index in [4.69, 9.17) is 11.6 Å². The van der Waals surface area contributed by atoms with Gasteiger partial charge in [-0.3, -0.25) is 10.2 Å². The third kappa shape index (κ3) is 5.53. The maximum atomic E-state index is 14.4. The summed E-state index contributed by atoms with van der Waals surface area (Å²) in [5, 5.41) is 9.40. The van der Waals surface area contributed by atoms with Crippen molar-refractivity contribution in [3.63, 3.8) is 0 Å². The van der Waals surface area contributed by atoms with Gasteiger partial charge >= 0.3 is 0 Å². The number of hydrogen-bond donors (Lipinski definition) is 3. The summed E-state index contributed by atoms with van der Waals surface area (Å²) in [5.74, 6) is -2.37. The van der Waals surface area contributed by atoms with Crippen molar-refractivity contribution in [1.82, 2.24) is 19.8 Å². The molecule has 1 aromatic heterocycles. The molecule has 1 heterocycles. The Bertz CT molecular complexity index is 1010. The number of benzene rings is 1. The van der Waals surface area contributed by atoms with Crippen LogP contribution >= 0.6 is 11.6 Å². The number of hydrogen-bond acceptors (Lipinski definition) is 5. The van der Waals surface area contributed by atoms with Gasteiger partial charge in [-0.05, 0) is 37.3 Å². The SMILES string of the molecule is Cn1cnc(-c2cc(Cl)c(F)c(C(=O)NNS(=O)(=O)C[C@H]3CCC[C@H](O)C3)c2)c1. The Morgan fingerprint density at radius 3 is 2.83 bits per heavy atom. The van der Waals surface area contributed by atoms with E-state index in [1.807, 2.05) is 10.3 Å². The molecule has 1 aromatic carbocycles. The molecule has 1 aliphatic carbocycles. The fourth-order valence-electron chi connectivity index (χ4n) is 3.42. The number of aromatic nitrogens is 2. The Kier molecular flexibility index (Phi) is 6.57. The van der Waals surface area contributed by atoms with Gasteiger partial charge in [0.1, 0.15) is 0 Å². The molecule has 8 nitrogen and oxygen atoms in total. The number of imidazole rings is 1. The molecule has 29 heavy (non-hydrogen) atoms. The van der Waals surface area contributed by atoms with E-state index in [2.05, 4.69) is 4.98 Å². The summed E-state index contributed by atoms with van der Waals surface area (Å²) in [4.78, 5) is 18.5. The van der Waals surface area contributed by atoms with Gasteiger partial charge in [-0.1, -0.05) is 18.0 Å². The molecular formula is C18H22ClFN4O4S. The van der Waals surface area contributed by atoms with E-state index in [0.29, 0.717) is 30.5 Å². The Labute approximate surface area is 173 Å². The van der Waals surface area contributed by atoms with Crippen molar-refractivity contribution in [2.75, 3.05) is 5.75 Å². The van der Waals surface area contributed by atoms with E-state index >= 15 is 0 Å². The van der Waals surface area contributed by atoms with Crippen LogP contribution in [-0.4, -0.2) is 40.8 Å². The van der Waals surface area contributed by atoms with Gasteiger partial charge in [-0.2, -0.15) is 0 Å². The molecule has 0 spiro atoms. The molecule has 1 fully saturated rings. The Morgan fingerprint density at radius 2 is 2.17 bits per heavy atom. The number of sulfonamides is 1. The van der Waals surface area contributed by atoms with Gasteiger partial charge < -0.3 is 9.67 Å². The van der Waals surface area contributed by atoms with Gasteiger partial charge in [0, 0.05) is 18.8 Å². The van der Waals surface area contributed by atoms with E-state index in [0.717, 1.165) is 6.42 Å². The minimum atomic E-state index is -3.85. The predicted molar refractivity (Wildman–Crippen MR) is 106 cm³/mol. The number of halogens is 2. The summed E-state index contributed by atoms with van der Waals surface area (Å²) in [6.45, 7) is 0. The number of hydrazine groups is 1. The maximum absolute atomic E-state index is 14.4. The Morgan fingerprint density at radius 1 is 1.41 bits per heavy atom. The molecule has 0 saturated heterocycles. The number of aliphatic hydroxyl groups is 1. The molecule has 3 N–H and O–H groups in total. The average molecular weight is 445 g/mol. The molecule has 1 aliphatic rings. The van der Waals surface area contributed by atoms with Crippen LogP contribution in [0.1, 0.15) is 36.0 Å². The average Bonchev–Trinajstić information content (AvgIpc) is 3.08. The Balaban J connectivity index is 1.70. The number of aryl methyl sites for hydroxylation is 1. The highest BCUT2D eigenvalue weighted by Crippen LogP contribution is 2.27. The lowest BCUT2D eigenvalue weighted by Gasteiger charge is -2.25. The van der Waals surface area contributed by atoms with Crippen LogP contribution in [-0.2, 0) is 17.1 Å². The van der Waals surface area contributed by atoms with Crippen LogP contribution in [0.3, 0.4) is 0 Å². The molecule has 1 saturated carbocycles. The minimum Gasteiger partial charge on any atom is -0.393 e. The first-order valence-corrected chi connectivity index (χ1v) is 11.1. The van der Waals surface area contributed by atoms with Crippen LogP contribution in [0.5, 0.6) is 0 Å². The molecule has 2 aromatic rings. The first-order valence-electron chi connectivity index (χ1n) is 9.10. The molecule has 0 bridgehead atoms. The van der Waals surface area contributed by atoms with Crippen LogP contribution < -0.4 is 10.3 Å². The van der Waals surface area contributed by atoms with Gasteiger partial charge in [0.15, 0.2) is 5.82 Å². The van der Waals surface area contributed by atoms with E-state index in [1.165, 1.54) is 12.1 Å². The number of carbonyl (C=O) groups is 1. The summed E-state index contributed by atoms with van der Waals surface area (Å²) in [6.07, 6.45) is 5.19. The van der Waals surface area contributed by atoms with Crippen molar-refractivity contribution in [1.29, 1.82) is 0 Å². The van der Waals surface area contributed by atoms with Crippen LogP contribution in [0.15, 0.2) is 24.7 Å². The van der Waals surface area contributed by atoms with Crippen LogP contribution in [0, 0.1) is 11.7 Å². The number of amides is 1. The highest BCUT2D eigenvalue weighted by atomic mass is 35.5. The molecule has 0 aliphatic heterocycles. The van der Waals surface area contributed by atoms with Crippen molar-refractivity contribution < 1.29 is 22.7 Å². The second-order valence-electron chi connectivity index (χ2n) is 7.27. The maximum Gasteiger partial charge on any atom is 0.269 e. The van der Waals surface area contributed by atoms with Gasteiger partial charge in [0.2, 0.25) is 10.0 Å². The second-order valence-corrected chi connectivity index (χ2v) is 9.44. The van der Waals surface area contributed by atoms with E-state index in [9.17, 15) is 22.7 Å². The number of aliphatic hydroxyl groups excluding tert-OH is 1. The third-order valence-electron chi connectivity index (χ3n) is 4.80. The fourth-order valence-corrected chi connectivity index (χ4v) is 4.90. The van der Waals surface area contributed by atoms with E-state index in [-0.39, 0.29) is 16.7 Å². The first kappa shape index (κ1) is 21.7. The monoisotopic (exact) mass is 444 g/mol. The van der Waals surface area contributed by atoms with Gasteiger partial charge in [0.25, 0.3) is 5.91 Å². The lowest BCUT2D eigenvalue weighted by Crippen LogP contribution is -2.44. The van der Waals surface area contributed by atoms with Crippen LogP contribution in [0.25, 0.3) is 11.3 Å². The fraction of sp³-hybridized carbons (Fsp3) is 0.444. The highest BCUT2D eigenvalue weighted by Gasteiger charge is 2.26. The number of rotatable bonds is 6. The van der Waals surface area contributed by atoms with Crippen molar-refractivity contribution in [2.45, 2.75) is 31.8 Å².